The minimum atomic E-state index is -3.08. The van der Waals surface area contributed by atoms with Crippen molar-refractivity contribution >= 4 is 31.7 Å². The van der Waals surface area contributed by atoms with E-state index in [1.54, 1.807) is 16.8 Å². The number of nitrogens with zero attached hydrogens (tertiary/aromatic N) is 2. The maximum atomic E-state index is 12.9. The molecule has 2 aromatic heterocycles. The second-order valence-electron chi connectivity index (χ2n) is 9.84. The fraction of sp³-hybridized carbons (Fsp3) is 0.667. The number of rotatable bonds is 7. The van der Waals surface area contributed by atoms with Crippen molar-refractivity contribution in [3.8, 4) is 0 Å². The van der Waals surface area contributed by atoms with Crippen LogP contribution in [0.5, 0.6) is 0 Å². The Kier molecular flexibility index (Phi) is 4.36. The molecular weight excluding hydrogens is 383 g/mol. The van der Waals surface area contributed by atoms with Gasteiger partial charge in [-0.15, -0.1) is 0 Å². The molecule has 6 nitrogen and oxygen atoms in total. The first-order valence-corrected chi connectivity index (χ1v) is 13.7. The van der Waals surface area contributed by atoms with Crippen molar-refractivity contribution in [1.29, 1.82) is 0 Å². The van der Waals surface area contributed by atoms with Gasteiger partial charge in [0.05, 0.1) is 22.2 Å². The van der Waals surface area contributed by atoms with Gasteiger partial charge in [0.25, 0.3) is 5.56 Å². The Morgan fingerprint density at radius 1 is 1.21 bits per heavy atom. The molecule has 0 aliphatic carbocycles. The molecule has 0 N–H and O–H groups in total. The summed E-state index contributed by atoms with van der Waals surface area (Å²) in [5.74, 6) is 0. The molecular formula is C21H35BN2O4Si. The standard InChI is InChI=1S/C21H35BN2O4Si/c1-9-24-18(25)11-10-17-19(24)16(22-27-20(2,3)21(4,5)28-22)14-23(17)15-26-12-13-29(6,7)8/h10-11,14H,9,12-13,15H2,1-8H3/i1D3,9D2. The maximum Gasteiger partial charge on any atom is 0.498 e. The molecule has 0 spiro atoms. The fourth-order valence-corrected chi connectivity index (χ4v) is 3.99. The number of aryl methyl sites for hydroxylation is 1. The Morgan fingerprint density at radius 2 is 1.86 bits per heavy atom. The largest absolute Gasteiger partial charge is 0.498 e. The molecule has 3 rings (SSSR count). The zero-order valence-electron chi connectivity index (χ0n) is 23.5. The van der Waals surface area contributed by atoms with Crippen LogP contribution in [-0.4, -0.2) is 42.1 Å². The molecule has 1 fully saturated rings. The molecule has 160 valence electrons. The van der Waals surface area contributed by atoms with Crippen molar-refractivity contribution in [3.05, 3.63) is 28.7 Å². The maximum absolute atomic E-state index is 12.9. The normalized spacial score (nSPS) is 22.2. The lowest BCUT2D eigenvalue weighted by Gasteiger charge is -2.32. The molecule has 0 atom stereocenters. The number of ether oxygens (including phenoxy) is 1. The topological polar surface area (TPSA) is 54.6 Å². The van der Waals surface area contributed by atoms with Crippen LogP contribution in [0.25, 0.3) is 11.0 Å². The lowest BCUT2D eigenvalue weighted by molar-refractivity contribution is 0.00578. The number of hydrogen-bond acceptors (Lipinski definition) is 4. The monoisotopic (exact) mass is 423 g/mol. The molecule has 2 aromatic rings. The van der Waals surface area contributed by atoms with Gasteiger partial charge in [0.15, 0.2) is 0 Å². The zero-order chi connectivity index (χ0) is 25.9. The van der Waals surface area contributed by atoms with Crippen molar-refractivity contribution in [1.82, 2.24) is 9.13 Å². The molecule has 1 aliphatic rings. The van der Waals surface area contributed by atoms with Crippen LogP contribution < -0.4 is 11.0 Å². The lowest BCUT2D eigenvalue weighted by Crippen LogP contribution is -2.41. The number of aromatic nitrogens is 2. The lowest BCUT2D eigenvalue weighted by atomic mass is 9.80. The molecule has 0 aromatic carbocycles. The van der Waals surface area contributed by atoms with Crippen molar-refractivity contribution < 1.29 is 20.9 Å². The molecule has 8 heteroatoms. The summed E-state index contributed by atoms with van der Waals surface area (Å²) in [6.07, 6.45) is 1.70. The SMILES string of the molecule is [2H]C([2H])([2H])C([2H])([2H])n1c(=O)ccc2c1c(B1OC(C)(C)C(C)(C)O1)cn2COCC[Si](C)(C)C. The summed E-state index contributed by atoms with van der Waals surface area (Å²) >= 11 is 0. The van der Waals surface area contributed by atoms with Gasteiger partial charge in [0.1, 0.15) is 6.73 Å². The highest BCUT2D eigenvalue weighted by molar-refractivity contribution is 6.76. The van der Waals surface area contributed by atoms with Gasteiger partial charge in [0.2, 0.25) is 0 Å². The van der Waals surface area contributed by atoms with Crippen LogP contribution in [0, 0.1) is 0 Å². The Hall–Kier alpha value is -1.35. The molecule has 0 saturated carbocycles. The van der Waals surface area contributed by atoms with E-state index < -0.39 is 45.3 Å². The van der Waals surface area contributed by atoms with Gasteiger partial charge >= 0.3 is 7.12 Å². The van der Waals surface area contributed by atoms with E-state index in [4.69, 9.17) is 20.9 Å². The third-order valence-corrected chi connectivity index (χ3v) is 7.50. The smallest absolute Gasteiger partial charge is 0.399 e. The molecule has 0 unspecified atom stereocenters. The van der Waals surface area contributed by atoms with Gasteiger partial charge < -0.3 is 23.2 Å². The van der Waals surface area contributed by atoms with Crippen molar-refractivity contribution in [2.24, 2.45) is 0 Å². The summed E-state index contributed by atoms with van der Waals surface area (Å²) < 4.78 is 60.7. The Bertz CT molecular complexity index is 1110. The van der Waals surface area contributed by atoms with E-state index in [1.807, 2.05) is 27.7 Å². The first kappa shape index (κ1) is 16.4. The highest BCUT2D eigenvalue weighted by atomic mass is 28.3. The summed E-state index contributed by atoms with van der Waals surface area (Å²) in [5.41, 5.74) is -1.14. The number of fused-ring (bicyclic) bond motifs is 1. The molecule has 1 saturated heterocycles. The van der Waals surface area contributed by atoms with E-state index in [2.05, 4.69) is 19.6 Å². The van der Waals surface area contributed by atoms with Crippen LogP contribution in [0.3, 0.4) is 0 Å². The van der Waals surface area contributed by atoms with Gasteiger partial charge in [-0.05, 0) is 46.7 Å². The third-order valence-electron chi connectivity index (χ3n) is 5.79. The average Bonchev–Trinajstić information content (AvgIpc) is 3.10. The first-order chi connectivity index (χ1) is 15.3. The molecule has 0 radical (unpaired) electrons. The van der Waals surface area contributed by atoms with Crippen LogP contribution in [0.15, 0.2) is 23.1 Å². The quantitative estimate of drug-likeness (QED) is 0.506. The van der Waals surface area contributed by atoms with Gasteiger partial charge in [-0.3, -0.25) is 4.79 Å². The summed E-state index contributed by atoms with van der Waals surface area (Å²) in [6.45, 7) is 9.03. The van der Waals surface area contributed by atoms with E-state index >= 15 is 0 Å². The van der Waals surface area contributed by atoms with Crippen molar-refractivity contribution in [3.63, 3.8) is 0 Å². The van der Waals surface area contributed by atoms with E-state index in [0.29, 0.717) is 22.2 Å². The second-order valence-corrected chi connectivity index (χ2v) is 15.5. The summed E-state index contributed by atoms with van der Waals surface area (Å²) in [4.78, 5) is 12.9. The highest BCUT2D eigenvalue weighted by Gasteiger charge is 2.52. The van der Waals surface area contributed by atoms with E-state index in [-0.39, 0.29) is 12.2 Å². The second kappa shape index (κ2) is 7.72. The van der Waals surface area contributed by atoms with Crippen molar-refractivity contribution in [2.75, 3.05) is 6.61 Å². The minimum Gasteiger partial charge on any atom is -0.399 e. The van der Waals surface area contributed by atoms with Gasteiger partial charge in [0, 0.05) is 45.8 Å². The van der Waals surface area contributed by atoms with Crippen molar-refractivity contribution in [2.45, 2.75) is 84.7 Å². The van der Waals surface area contributed by atoms with Crippen LogP contribution in [0.2, 0.25) is 25.7 Å². The van der Waals surface area contributed by atoms with E-state index in [0.717, 1.165) is 6.04 Å². The summed E-state index contributed by atoms with van der Waals surface area (Å²) in [7, 11) is -2.21. The van der Waals surface area contributed by atoms with Crippen LogP contribution >= 0.6 is 0 Å². The fourth-order valence-electron chi connectivity index (χ4n) is 3.24. The van der Waals surface area contributed by atoms with Gasteiger partial charge in [-0.2, -0.15) is 0 Å². The summed E-state index contributed by atoms with van der Waals surface area (Å²) in [5, 5.41) is 0. The molecule has 1 aliphatic heterocycles. The van der Waals surface area contributed by atoms with Gasteiger partial charge in [-0.25, -0.2) is 0 Å². The van der Waals surface area contributed by atoms with E-state index in [9.17, 15) is 4.79 Å². The molecule has 0 amide bonds. The predicted octanol–water partition coefficient (Wildman–Crippen LogP) is 3.43. The van der Waals surface area contributed by atoms with Crippen LogP contribution in [0.1, 0.15) is 41.4 Å². The molecule has 0 bridgehead atoms. The van der Waals surface area contributed by atoms with E-state index in [1.165, 1.54) is 6.07 Å². The zero-order valence-corrected chi connectivity index (χ0v) is 19.5. The van der Waals surface area contributed by atoms with Gasteiger partial charge in [-0.1, -0.05) is 19.6 Å². The number of hydrogen-bond donors (Lipinski definition) is 0. The Labute approximate surface area is 182 Å². The Morgan fingerprint density at radius 3 is 2.45 bits per heavy atom. The molecule has 3 heterocycles. The average molecular weight is 423 g/mol. The minimum absolute atomic E-state index is 0.126. The van der Waals surface area contributed by atoms with Crippen LogP contribution in [-0.2, 0) is 27.3 Å². The third kappa shape index (κ3) is 4.40. The predicted molar refractivity (Wildman–Crippen MR) is 122 cm³/mol. The van der Waals surface area contributed by atoms with Crippen LogP contribution in [0.4, 0.5) is 0 Å². The highest BCUT2D eigenvalue weighted by Crippen LogP contribution is 2.37. The first-order valence-electron chi connectivity index (χ1n) is 12.5. The molecule has 29 heavy (non-hydrogen) atoms. The Balaban J connectivity index is 2.17. The summed E-state index contributed by atoms with van der Waals surface area (Å²) in [6, 6.07) is 3.71. The number of pyridine rings is 1.